The predicted molar refractivity (Wildman–Crippen MR) is 99.6 cm³/mol. The number of nitrogens with zero attached hydrogens (tertiary/aromatic N) is 1. The first-order valence-corrected chi connectivity index (χ1v) is 9.26. The topological polar surface area (TPSA) is 42.0 Å². The van der Waals surface area contributed by atoms with Gasteiger partial charge in [-0.05, 0) is 41.5 Å². The van der Waals surface area contributed by atoms with Crippen LogP contribution in [0.1, 0.15) is 29.5 Å². The summed E-state index contributed by atoms with van der Waals surface area (Å²) in [6.45, 7) is 2.28. The monoisotopic (exact) mass is 336 g/mol. The zero-order valence-electron chi connectivity index (χ0n) is 13.7. The number of hydrogen-bond acceptors (Lipinski definition) is 3. The number of benzene rings is 2. The van der Waals surface area contributed by atoms with Crippen molar-refractivity contribution in [3.63, 3.8) is 0 Å². The van der Waals surface area contributed by atoms with Gasteiger partial charge in [-0.2, -0.15) is 0 Å². The van der Waals surface area contributed by atoms with Crippen LogP contribution in [-0.4, -0.2) is 10.9 Å². The van der Waals surface area contributed by atoms with E-state index >= 15 is 0 Å². The summed E-state index contributed by atoms with van der Waals surface area (Å²) in [6, 6.07) is 14.3. The fourth-order valence-electron chi connectivity index (χ4n) is 3.38. The van der Waals surface area contributed by atoms with E-state index in [4.69, 9.17) is 0 Å². The molecule has 122 valence electrons. The summed E-state index contributed by atoms with van der Waals surface area (Å²) in [6.07, 6.45) is 3.69. The van der Waals surface area contributed by atoms with E-state index in [0.717, 1.165) is 34.8 Å². The molecule has 3 nitrogen and oxygen atoms in total. The SMILES string of the molecule is C[C@@H]1CCc2nc(NC(=O)Cc3cccc4ccccc34)sc2C1. The smallest absolute Gasteiger partial charge is 0.230 e. The van der Waals surface area contributed by atoms with Crippen molar-refractivity contribution in [3.05, 3.63) is 58.6 Å². The highest BCUT2D eigenvalue weighted by molar-refractivity contribution is 7.15. The molecule has 1 amide bonds. The van der Waals surface area contributed by atoms with Gasteiger partial charge in [-0.25, -0.2) is 4.98 Å². The van der Waals surface area contributed by atoms with Crippen LogP contribution < -0.4 is 5.32 Å². The first-order chi connectivity index (χ1) is 11.7. The molecule has 0 fully saturated rings. The van der Waals surface area contributed by atoms with E-state index in [-0.39, 0.29) is 5.91 Å². The molecular formula is C20H20N2OS. The van der Waals surface area contributed by atoms with Crippen LogP contribution in [0.25, 0.3) is 10.8 Å². The maximum absolute atomic E-state index is 12.5. The summed E-state index contributed by atoms with van der Waals surface area (Å²) in [7, 11) is 0. The number of fused-ring (bicyclic) bond motifs is 2. The third-order valence-corrected chi connectivity index (χ3v) is 5.70. The van der Waals surface area contributed by atoms with Crippen LogP contribution in [0.4, 0.5) is 5.13 Å². The summed E-state index contributed by atoms with van der Waals surface area (Å²) in [5.74, 6) is 0.725. The summed E-state index contributed by atoms with van der Waals surface area (Å²) < 4.78 is 0. The summed E-state index contributed by atoms with van der Waals surface area (Å²) in [4.78, 5) is 18.4. The average Bonchev–Trinajstić information content (AvgIpc) is 2.96. The molecule has 0 spiro atoms. The molecule has 0 aliphatic heterocycles. The molecular weight excluding hydrogens is 316 g/mol. The Morgan fingerprint density at radius 1 is 1.25 bits per heavy atom. The Kier molecular flexibility index (Phi) is 4.07. The summed E-state index contributed by atoms with van der Waals surface area (Å²) >= 11 is 1.64. The number of thiazole rings is 1. The van der Waals surface area contributed by atoms with E-state index in [2.05, 4.69) is 35.4 Å². The zero-order valence-corrected chi connectivity index (χ0v) is 14.5. The molecule has 1 aliphatic rings. The van der Waals surface area contributed by atoms with Gasteiger partial charge in [0.1, 0.15) is 0 Å². The van der Waals surface area contributed by atoms with E-state index < -0.39 is 0 Å². The molecule has 24 heavy (non-hydrogen) atoms. The number of aromatic nitrogens is 1. The van der Waals surface area contributed by atoms with E-state index in [1.165, 1.54) is 22.4 Å². The molecule has 4 rings (SSSR count). The van der Waals surface area contributed by atoms with Gasteiger partial charge >= 0.3 is 0 Å². The van der Waals surface area contributed by atoms with Crippen LogP contribution in [0, 0.1) is 5.92 Å². The minimum atomic E-state index is 0.00509. The minimum Gasteiger partial charge on any atom is -0.302 e. The van der Waals surface area contributed by atoms with Crippen LogP contribution in [-0.2, 0) is 24.1 Å². The van der Waals surface area contributed by atoms with Crippen molar-refractivity contribution < 1.29 is 4.79 Å². The fourth-order valence-corrected chi connectivity index (χ4v) is 4.56. The molecule has 3 aromatic rings. The van der Waals surface area contributed by atoms with E-state index in [0.29, 0.717) is 6.42 Å². The van der Waals surface area contributed by atoms with Gasteiger partial charge in [-0.1, -0.05) is 49.4 Å². The van der Waals surface area contributed by atoms with Gasteiger partial charge in [0.2, 0.25) is 5.91 Å². The number of carbonyl (C=O) groups excluding carboxylic acids is 1. The van der Waals surface area contributed by atoms with Crippen molar-refractivity contribution in [2.75, 3.05) is 5.32 Å². The molecule has 0 saturated carbocycles. The maximum atomic E-state index is 12.5. The van der Waals surface area contributed by atoms with Crippen molar-refractivity contribution in [2.45, 2.75) is 32.6 Å². The maximum Gasteiger partial charge on any atom is 0.230 e. The Balaban J connectivity index is 1.51. The number of rotatable bonds is 3. The van der Waals surface area contributed by atoms with Crippen molar-refractivity contribution >= 4 is 33.1 Å². The highest BCUT2D eigenvalue weighted by Crippen LogP contribution is 2.32. The van der Waals surface area contributed by atoms with Crippen molar-refractivity contribution in [1.29, 1.82) is 0 Å². The Bertz CT molecular complexity index is 894. The normalized spacial score (nSPS) is 16.8. The highest BCUT2D eigenvalue weighted by Gasteiger charge is 2.20. The van der Waals surface area contributed by atoms with Crippen LogP contribution in [0.15, 0.2) is 42.5 Å². The van der Waals surface area contributed by atoms with Gasteiger partial charge in [0.15, 0.2) is 5.13 Å². The van der Waals surface area contributed by atoms with Crippen LogP contribution in [0.5, 0.6) is 0 Å². The lowest BCUT2D eigenvalue weighted by atomic mass is 9.93. The van der Waals surface area contributed by atoms with Crippen molar-refractivity contribution in [2.24, 2.45) is 5.92 Å². The summed E-state index contributed by atoms with van der Waals surface area (Å²) in [5, 5.41) is 6.05. The number of carbonyl (C=O) groups is 1. The number of anilines is 1. The molecule has 4 heteroatoms. The van der Waals surface area contributed by atoms with Gasteiger partial charge in [0, 0.05) is 4.88 Å². The first-order valence-electron chi connectivity index (χ1n) is 8.44. The zero-order chi connectivity index (χ0) is 16.5. The van der Waals surface area contributed by atoms with Crippen molar-refractivity contribution in [3.8, 4) is 0 Å². The van der Waals surface area contributed by atoms with Gasteiger partial charge in [0.05, 0.1) is 12.1 Å². The lowest BCUT2D eigenvalue weighted by Crippen LogP contribution is -2.14. The van der Waals surface area contributed by atoms with Gasteiger partial charge in [-0.15, -0.1) is 11.3 Å². The Morgan fingerprint density at radius 2 is 2.08 bits per heavy atom. The Hall–Kier alpha value is -2.20. The third-order valence-electron chi connectivity index (χ3n) is 4.66. The number of hydrogen-bond donors (Lipinski definition) is 1. The van der Waals surface area contributed by atoms with Gasteiger partial charge in [-0.3, -0.25) is 4.79 Å². The van der Waals surface area contributed by atoms with E-state index in [1.807, 2.05) is 24.3 Å². The molecule has 1 aliphatic carbocycles. The second-order valence-corrected chi connectivity index (χ2v) is 7.68. The fraction of sp³-hybridized carbons (Fsp3) is 0.300. The quantitative estimate of drug-likeness (QED) is 0.759. The third kappa shape index (κ3) is 3.06. The average molecular weight is 336 g/mol. The predicted octanol–water partition coefficient (Wildman–Crippen LogP) is 4.60. The number of nitrogens with one attached hydrogen (secondary N) is 1. The molecule has 0 bridgehead atoms. The Labute approximate surface area is 145 Å². The van der Waals surface area contributed by atoms with Crippen LogP contribution >= 0.6 is 11.3 Å². The molecule has 1 atom stereocenters. The molecule has 0 saturated heterocycles. The minimum absolute atomic E-state index is 0.00509. The second-order valence-electron chi connectivity index (χ2n) is 6.60. The first kappa shape index (κ1) is 15.3. The van der Waals surface area contributed by atoms with E-state index in [1.54, 1.807) is 11.3 Å². The van der Waals surface area contributed by atoms with Crippen molar-refractivity contribution in [1.82, 2.24) is 4.98 Å². The molecule has 0 unspecified atom stereocenters. The summed E-state index contributed by atoms with van der Waals surface area (Å²) in [5.41, 5.74) is 2.24. The largest absolute Gasteiger partial charge is 0.302 e. The van der Waals surface area contributed by atoms with Crippen LogP contribution in [0.3, 0.4) is 0 Å². The lowest BCUT2D eigenvalue weighted by Gasteiger charge is -2.15. The molecule has 1 N–H and O–H groups in total. The number of aryl methyl sites for hydroxylation is 1. The number of amides is 1. The molecule has 1 aromatic heterocycles. The van der Waals surface area contributed by atoms with Gasteiger partial charge in [0.25, 0.3) is 0 Å². The Morgan fingerprint density at radius 3 is 3.00 bits per heavy atom. The second kappa shape index (κ2) is 6.36. The standard InChI is InChI=1S/C20H20N2OS/c1-13-9-10-17-18(11-13)24-20(21-17)22-19(23)12-15-7-4-6-14-5-2-3-8-16(14)15/h2-8,13H,9-12H2,1H3,(H,21,22,23)/t13-/m1/s1. The molecule has 2 aromatic carbocycles. The van der Waals surface area contributed by atoms with Gasteiger partial charge < -0.3 is 5.32 Å². The molecule has 1 heterocycles. The highest BCUT2D eigenvalue weighted by atomic mass is 32.1. The molecule has 0 radical (unpaired) electrons. The lowest BCUT2D eigenvalue weighted by molar-refractivity contribution is -0.115. The van der Waals surface area contributed by atoms with Crippen LogP contribution in [0.2, 0.25) is 0 Å². The van der Waals surface area contributed by atoms with E-state index in [9.17, 15) is 4.79 Å².